The van der Waals surface area contributed by atoms with Crippen LogP contribution in [0.5, 0.6) is 0 Å². The second-order valence-corrected chi connectivity index (χ2v) is 4.40. The standard InChI is InChI=1S/C11H14F3NO5/c1-20-10(19)6(11(12,13)14)5-8(16)15-4-2-3-7(15)9(17)18/h6-7H,2-5H2,1H3,(H,17,18)/t6?,7-/m0/s1. The van der Waals surface area contributed by atoms with E-state index in [1.54, 1.807) is 0 Å². The highest BCUT2D eigenvalue weighted by molar-refractivity contribution is 5.87. The maximum Gasteiger partial charge on any atom is 0.402 e. The predicted molar refractivity (Wildman–Crippen MR) is 58.5 cm³/mol. The summed E-state index contributed by atoms with van der Waals surface area (Å²) >= 11 is 0. The van der Waals surface area contributed by atoms with E-state index in [1.165, 1.54) is 0 Å². The Bertz CT molecular complexity index is 409. The van der Waals surface area contributed by atoms with Crippen molar-refractivity contribution in [3.63, 3.8) is 0 Å². The summed E-state index contributed by atoms with van der Waals surface area (Å²) in [5.41, 5.74) is 0. The number of nitrogens with zero attached hydrogens (tertiary/aromatic N) is 1. The van der Waals surface area contributed by atoms with Gasteiger partial charge in [0.15, 0.2) is 5.92 Å². The highest BCUT2D eigenvalue weighted by Crippen LogP contribution is 2.31. The monoisotopic (exact) mass is 297 g/mol. The van der Waals surface area contributed by atoms with Crippen molar-refractivity contribution in [1.29, 1.82) is 0 Å². The molecule has 1 amide bonds. The van der Waals surface area contributed by atoms with Crippen LogP contribution in [-0.2, 0) is 19.1 Å². The van der Waals surface area contributed by atoms with Crippen molar-refractivity contribution in [2.45, 2.75) is 31.5 Å². The Balaban J connectivity index is 2.81. The quantitative estimate of drug-likeness (QED) is 0.776. The number of carboxylic acid groups (broad SMARTS) is 1. The third kappa shape index (κ3) is 3.61. The van der Waals surface area contributed by atoms with Gasteiger partial charge in [-0.1, -0.05) is 0 Å². The molecule has 6 nitrogen and oxygen atoms in total. The third-order valence-electron chi connectivity index (χ3n) is 3.12. The summed E-state index contributed by atoms with van der Waals surface area (Å²) in [7, 11) is 0.793. The second-order valence-electron chi connectivity index (χ2n) is 4.40. The average Bonchev–Trinajstić information content (AvgIpc) is 2.82. The van der Waals surface area contributed by atoms with Crippen molar-refractivity contribution in [2.24, 2.45) is 5.92 Å². The van der Waals surface area contributed by atoms with Crippen LogP contribution in [0, 0.1) is 5.92 Å². The first-order valence-corrected chi connectivity index (χ1v) is 5.85. The van der Waals surface area contributed by atoms with Gasteiger partial charge in [-0.15, -0.1) is 0 Å². The van der Waals surface area contributed by atoms with Gasteiger partial charge in [-0.3, -0.25) is 9.59 Å². The summed E-state index contributed by atoms with van der Waals surface area (Å²) in [6, 6.07) is -1.13. The largest absolute Gasteiger partial charge is 0.480 e. The fourth-order valence-corrected chi connectivity index (χ4v) is 2.09. The Kier molecular flexibility index (Phi) is 4.96. The van der Waals surface area contributed by atoms with Gasteiger partial charge in [0.25, 0.3) is 0 Å². The van der Waals surface area contributed by atoms with E-state index in [1.807, 2.05) is 0 Å². The lowest BCUT2D eigenvalue weighted by Crippen LogP contribution is -2.43. The van der Waals surface area contributed by atoms with Crippen LogP contribution in [0.4, 0.5) is 13.2 Å². The molecule has 1 heterocycles. The number of carboxylic acids is 1. The van der Waals surface area contributed by atoms with Gasteiger partial charge in [0.05, 0.1) is 7.11 Å². The van der Waals surface area contributed by atoms with Crippen LogP contribution in [0.15, 0.2) is 0 Å². The van der Waals surface area contributed by atoms with Crippen LogP contribution in [0.25, 0.3) is 0 Å². The van der Waals surface area contributed by atoms with Gasteiger partial charge < -0.3 is 14.7 Å². The minimum atomic E-state index is -4.92. The lowest BCUT2D eigenvalue weighted by molar-refractivity contribution is -0.199. The van der Waals surface area contributed by atoms with Crippen molar-refractivity contribution in [2.75, 3.05) is 13.7 Å². The molecule has 0 aromatic carbocycles. The van der Waals surface area contributed by atoms with E-state index in [9.17, 15) is 27.6 Å². The van der Waals surface area contributed by atoms with Crippen LogP contribution >= 0.6 is 0 Å². The van der Waals surface area contributed by atoms with Gasteiger partial charge in [0, 0.05) is 13.0 Å². The topological polar surface area (TPSA) is 83.9 Å². The normalized spacial score (nSPS) is 20.6. The number of hydrogen-bond donors (Lipinski definition) is 1. The molecule has 0 spiro atoms. The number of hydrogen-bond acceptors (Lipinski definition) is 4. The molecule has 1 saturated heterocycles. The number of carbonyl (C=O) groups is 3. The number of rotatable bonds is 4. The molecule has 1 N–H and O–H groups in total. The SMILES string of the molecule is COC(=O)C(CC(=O)N1CCC[C@H]1C(=O)O)C(F)(F)F. The van der Waals surface area contributed by atoms with E-state index in [0.29, 0.717) is 6.42 Å². The summed E-state index contributed by atoms with van der Waals surface area (Å²) < 4.78 is 42.0. The Morgan fingerprint density at radius 1 is 1.40 bits per heavy atom. The van der Waals surface area contributed by atoms with E-state index < -0.39 is 42.4 Å². The molecule has 0 bridgehead atoms. The van der Waals surface area contributed by atoms with E-state index in [2.05, 4.69) is 4.74 Å². The first kappa shape index (κ1) is 16.3. The van der Waals surface area contributed by atoms with Gasteiger partial charge in [-0.05, 0) is 12.8 Å². The first-order valence-electron chi connectivity index (χ1n) is 5.85. The number of likely N-dealkylation sites (tertiary alicyclic amines) is 1. The van der Waals surface area contributed by atoms with Gasteiger partial charge in [0.1, 0.15) is 6.04 Å². The minimum Gasteiger partial charge on any atom is -0.480 e. The zero-order valence-electron chi connectivity index (χ0n) is 10.6. The van der Waals surface area contributed by atoms with Crippen molar-refractivity contribution < 1.29 is 37.4 Å². The second kappa shape index (κ2) is 6.10. The average molecular weight is 297 g/mol. The number of halogens is 3. The van der Waals surface area contributed by atoms with Crippen LogP contribution in [0.1, 0.15) is 19.3 Å². The Morgan fingerprint density at radius 2 is 2.00 bits per heavy atom. The van der Waals surface area contributed by atoms with Gasteiger partial charge in [0.2, 0.25) is 5.91 Å². The molecule has 1 aliphatic heterocycles. The van der Waals surface area contributed by atoms with E-state index in [4.69, 9.17) is 5.11 Å². The van der Waals surface area contributed by atoms with Crippen LogP contribution in [-0.4, -0.2) is 53.7 Å². The molecule has 114 valence electrons. The zero-order chi connectivity index (χ0) is 15.5. The van der Waals surface area contributed by atoms with Crippen LogP contribution < -0.4 is 0 Å². The molecule has 9 heteroatoms. The summed E-state index contributed by atoms with van der Waals surface area (Å²) in [5.74, 6) is -6.41. The predicted octanol–water partition coefficient (Wildman–Crippen LogP) is 0.804. The van der Waals surface area contributed by atoms with Crippen molar-refractivity contribution >= 4 is 17.8 Å². The van der Waals surface area contributed by atoms with Gasteiger partial charge in [-0.25, -0.2) is 4.79 Å². The molecule has 1 aliphatic rings. The van der Waals surface area contributed by atoms with E-state index in [-0.39, 0.29) is 13.0 Å². The van der Waals surface area contributed by atoms with Gasteiger partial charge in [-0.2, -0.15) is 13.2 Å². The molecule has 1 fully saturated rings. The lowest BCUT2D eigenvalue weighted by atomic mass is 10.0. The molecule has 2 atom stereocenters. The maximum atomic E-state index is 12.7. The molecule has 0 aromatic heterocycles. The first-order chi connectivity index (χ1) is 9.18. The Hall–Kier alpha value is -1.80. The Morgan fingerprint density at radius 3 is 2.45 bits per heavy atom. The Labute approximate surface area is 112 Å². The molecule has 0 saturated carbocycles. The summed E-state index contributed by atoms with van der Waals surface area (Å²) in [4.78, 5) is 34.6. The molecule has 20 heavy (non-hydrogen) atoms. The molecule has 0 aromatic rings. The summed E-state index contributed by atoms with van der Waals surface area (Å²) in [5, 5.41) is 8.87. The van der Waals surface area contributed by atoms with E-state index >= 15 is 0 Å². The molecular formula is C11H14F3NO5. The molecule has 0 radical (unpaired) electrons. The number of amides is 1. The minimum absolute atomic E-state index is 0.0710. The van der Waals surface area contributed by atoms with Gasteiger partial charge >= 0.3 is 18.1 Å². The number of esters is 1. The number of aliphatic carboxylic acids is 1. The van der Waals surface area contributed by atoms with Crippen molar-refractivity contribution in [3.05, 3.63) is 0 Å². The fraction of sp³-hybridized carbons (Fsp3) is 0.727. The highest BCUT2D eigenvalue weighted by atomic mass is 19.4. The van der Waals surface area contributed by atoms with Crippen LogP contribution in [0.2, 0.25) is 0 Å². The maximum absolute atomic E-state index is 12.7. The summed E-state index contributed by atoms with van der Waals surface area (Å²) in [6.45, 7) is 0.0710. The van der Waals surface area contributed by atoms with Crippen molar-refractivity contribution in [1.82, 2.24) is 4.90 Å². The summed E-state index contributed by atoms with van der Waals surface area (Å²) in [6.07, 6.45) is -5.46. The highest BCUT2D eigenvalue weighted by Gasteiger charge is 2.48. The number of alkyl halides is 3. The van der Waals surface area contributed by atoms with E-state index in [0.717, 1.165) is 12.0 Å². The fourth-order valence-electron chi connectivity index (χ4n) is 2.09. The molecule has 1 rings (SSSR count). The number of ether oxygens (including phenoxy) is 1. The smallest absolute Gasteiger partial charge is 0.402 e. The zero-order valence-corrected chi connectivity index (χ0v) is 10.6. The van der Waals surface area contributed by atoms with Crippen molar-refractivity contribution in [3.8, 4) is 0 Å². The lowest BCUT2D eigenvalue weighted by Gasteiger charge is -2.24. The molecule has 0 aliphatic carbocycles. The number of carbonyl (C=O) groups excluding carboxylic acids is 2. The number of methoxy groups -OCH3 is 1. The van der Waals surface area contributed by atoms with Crippen LogP contribution in [0.3, 0.4) is 0 Å². The molecule has 1 unspecified atom stereocenters. The third-order valence-corrected chi connectivity index (χ3v) is 3.12. The molecular weight excluding hydrogens is 283 g/mol.